The van der Waals surface area contributed by atoms with Crippen LogP contribution in [0.25, 0.3) is 0 Å². The Balaban J connectivity index is 1.39. The summed E-state index contributed by atoms with van der Waals surface area (Å²) < 4.78 is 5.55. The van der Waals surface area contributed by atoms with Crippen molar-refractivity contribution in [2.75, 3.05) is 26.2 Å². The molecule has 5 heteroatoms. The molecule has 2 fully saturated rings. The van der Waals surface area contributed by atoms with Gasteiger partial charge in [0.15, 0.2) is 0 Å². The number of nitriles is 1. The normalized spacial score (nSPS) is 22.2. The van der Waals surface area contributed by atoms with E-state index < -0.39 is 0 Å². The molecule has 2 aliphatic rings. The Bertz CT molecular complexity index is 580. The Labute approximate surface area is 143 Å². The lowest BCUT2D eigenvalue weighted by molar-refractivity contribution is -0.127. The summed E-state index contributed by atoms with van der Waals surface area (Å²) in [6.45, 7) is 4.25. The summed E-state index contributed by atoms with van der Waals surface area (Å²) in [6, 6.07) is 9.89. The Hall–Kier alpha value is -1.90. The molecule has 0 aromatic heterocycles. The lowest BCUT2D eigenvalue weighted by atomic mass is 9.95. The van der Waals surface area contributed by atoms with Crippen LogP contribution in [0.1, 0.15) is 36.8 Å². The van der Waals surface area contributed by atoms with Crippen LogP contribution in [-0.2, 0) is 16.1 Å². The number of ether oxygens (including phenoxy) is 1. The van der Waals surface area contributed by atoms with Crippen molar-refractivity contribution in [1.29, 1.82) is 5.26 Å². The van der Waals surface area contributed by atoms with E-state index in [9.17, 15) is 4.79 Å². The number of hydrogen-bond acceptors (Lipinski definition) is 4. The third-order valence-electron chi connectivity index (χ3n) is 4.98. The first-order chi connectivity index (χ1) is 11.7. The van der Waals surface area contributed by atoms with Gasteiger partial charge >= 0.3 is 0 Å². The van der Waals surface area contributed by atoms with Crippen LogP contribution in [0.3, 0.4) is 0 Å². The van der Waals surface area contributed by atoms with Crippen LogP contribution >= 0.6 is 0 Å². The minimum atomic E-state index is 0.128. The molecule has 1 N–H and O–H groups in total. The number of nitrogens with zero attached hydrogens (tertiary/aromatic N) is 2. The molecule has 0 saturated carbocycles. The van der Waals surface area contributed by atoms with Crippen molar-refractivity contribution in [2.45, 2.75) is 38.3 Å². The molecule has 1 aromatic rings. The molecular formula is C19H25N3O2. The second-order valence-corrected chi connectivity index (χ2v) is 6.74. The van der Waals surface area contributed by atoms with Crippen molar-refractivity contribution in [3.05, 3.63) is 35.4 Å². The third kappa shape index (κ3) is 4.56. The molecule has 0 bridgehead atoms. The average Bonchev–Trinajstić information content (AvgIpc) is 3.14. The monoisotopic (exact) mass is 327 g/mol. The van der Waals surface area contributed by atoms with Gasteiger partial charge in [-0.05, 0) is 56.5 Å². The summed E-state index contributed by atoms with van der Waals surface area (Å²) in [7, 11) is 0. The van der Waals surface area contributed by atoms with Gasteiger partial charge in [0, 0.05) is 25.6 Å². The Kier molecular flexibility index (Phi) is 5.84. The van der Waals surface area contributed by atoms with Gasteiger partial charge < -0.3 is 10.1 Å². The van der Waals surface area contributed by atoms with Crippen LogP contribution in [-0.4, -0.2) is 43.2 Å². The van der Waals surface area contributed by atoms with Crippen LogP contribution in [0.2, 0.25) is 0 Å². The lowest BCUT2D eigenvalue weighted by Crippen LogP contribution is -2.42. The Morgan fingerprint density at radius 1 is 1.25 bits per heavy atom. The van der Waals surface area contributed by atoms with E-state index in [2.05, 4.69) is 16.3 Å². The van der Waals surface area contributed by atoms with Gasteiger partial charge in [-0.2, -0.15) is 5.26 Å². The molecule has 2 saturated heterocycles. The van der Waals surface area contributed by atoms with E-state index in [0.29, 0.717) is 12.1 Å². The molecule has 0 aliphatic carbocycles. The summed E-state index contributed by atoms with van der Waals surface area (Å²) in [5.74, 6) is 0.312. The van der Waals surface area contributed by atoms with Crippen molar-refractivity contribution >= 4 is 5.91 Å². The molecule has 128 valence electrons. The highest BCUT2D eigenvalue weighted by Crippen LogP contribution is 2.20. The van der Waals surface area contributed by atoms with E-state index in [1.54, 1.807) is 0 Å². The van der Waals surface area contributed by atoms with E-state index in [0.717, 1.165) is 51.9 Å². The lowest BCUT2D eigenvalue weighted by Gasteiger charge is -2.31. The standard InChI is InChI=1S/C19H25N3O2/c20-12-15-3-5-16(6-4-15)14-22-9-7-17(8-10-22)19(23)21-13-18-2-1-11-24-18/h3-6,17-18H,1-2,7-11,13-14H2,(H,21,23)/t18-/m0/s1. The highest BCUT2D eigenvalue weighted by Gasteiger charge is 2.26. The predicted octanol–water partition coefficient (Wildman–Crippen LogP) is 2.07. The minimum absolute atomic E-state index is 0.128. The number of amides is 1. The number of nitrogens with one attached hydrogen (secondary N) is 1. The summed E-state index contributed by atoms with van der Waals surface area (Å²) in [5, 5.41) is 11.9. The van der Waals surface area contributed by atoms with Crippen LogP contribution < -0.4 is 5.32 Å². The molecule has 1 aromatic carbocycles. The maximum absolute atomic E-state index is 12.3. The highest BCUT2D eigenvalue weighted by molar-refractivity contribution is 5.78. The molecule has 2 heterocycles. The van der Waals surface area contributed by atoms with Gasteiger partial charge in [0.2, 0.25) is 5.91 Å². The molecule has 1 amide bonds. The second kappa shape index (κ2) is 8.27. The zero-order valence-corrected chi connectivity index (χ0v) is 14.0. The largest absolute Gasteiger partial charge is 0.376 e. The molecule has 24 heavy (non-hydrogen) atoms. The van der Waals surface area contributed by atoms with Crippen molar-refractivity contribution < 1.29 is 9.53 Å². The zero-order chi connectivity index (χ0) is 16.8. The first kappa shape index (κ1) is 16.9. The maximum Gasteiger partial charge on any atom is 0.223 e. The fraction of sp³-hybridized carbons (Fsp3) is 0.579. The first-order valence-corrected chi connectivity index (χ1v) is 8.85. The fourth-order valence-corrected chi connectivity index (χ4v) is 3.46. The van der Waals surface area contributed by atoms with Crippen molar-refractivity contribution in [3.8, 4) is 6.07 Å². The van der Waals surface area contributed by atoms with E-state index in [-0.39, 0.29) is 17.9 Å². The fourth-order valence-electron chi connectivity index (χ4n) is 3.46. The minimum Gasteiger partial charge on any atom is -0.376 e. The molecule has 0 radical (unpaired) electrons. The summed E-state index contributed by atoms with van der Waals surface area (Å²) in [4.78, 5) is 14.7. The van der Waals surface area contributed by atoms with Gasteiger partial charge in [-0.25, -0.2) is 0 Å². The Morgan fingerprint density at radius 3 is 2.62 bits per heavy atom. The molecule has 2 aliphatic heterocycles. The number of carbonyl (C=O) groups excluding carboxylic acids is 1. The Morgan fingerprint density at radius 2 is 2.00 bits per heavy atom. The topological polar surface area (TPSA) is 65.4 Å². The number of likely N-dealkylation sites (tertiary alicyclic amines) is 1. The van der Waals surface area contributed by atoms with Gasteiger partial charge in [-0.15, -0.1) is 0 Å². The van der Waals surface area contributed by atoms with Crippen molar-refractivity contribution in [2.24, 2.45) is 5.92 Å². The van der Waals surface area contributed by atoms with E-state index in [1.165, 1.54) is 5.56 Å². The van der Waals surface area contributed by atoms with Crippen LogP contribution in [0.4, 0.5) is 0 Å². The van der Waals surface area contributed by atoms with Gasteiger partial charge in [0.1, 0.15) is 0 Å². The molecule has 3 rings (SSSR count). The van der Waals surface area contributed by atoms with E-state index >= 15 is 0 Å². The number of hydrogen-bond donors (Lipinski definition) is 1. The quantitative estimate of drug-likeness (QED) is 0.899. The second-order valence-electron chi connectivity index (χ2n) is 6.74. The molecule has 5 nitrogen and oxygen atoms in total. The van der Waals surface area contributed by atoms with Crippen molar-refractivity contribution in [1.82, 2.24) is 10.2 Å². The predicted molar refractivity (Wildman–Crippen MR) is 91.1 cm³/mol. The van der Waals surface area contributed by atoms with E-state index in [4.69, 9.17) is 10.00 Å². The summed E-state index contributed by atoms with van der Waals surface area (Å²) >= 11 is 0. The number of carbonyl (C=O) groups is 1. The molecule has 0 unspecified atom stereocenters. The zero-order valence-electron chi connectivity index (χ0n) is 14.0. The van der Waals surface area contributed by atoms with Gasteiger partial charge in [0.25, 0.3) is 0 Å². The number of piperidine rings is 1. The number of benzene rings is 1. The van der Waals surface area contributed by atoms with E-state index in [1.807, 2.05) is 24.3 Å². The van der Waals surface area contributed by atoms with Gasteiger partial charge in [-0.3, -0.25) is 9.69 Å². The third-order valence-corrected chi connectivity index (χ3v) is 4.98. The first-order valence-electron chi connectivity index (χ1n) is 8.85. The molecule has 0 spiro atoms. The summed E-state index contributed by atoms with van der Waals surface area (Å²) in [5.41, 5.74) is 1.91. The van der Waals surface area contributed by atoms with Gasteiger partial charge in [-0.1, -0.05) is 12.1 Å². The molecule has 1 atom stereocenters. The smallest absolute Gasteiger partial charge is 0.223 e. The van der Waals surface area contributed by atoms with Crippen LogP contribution in [0.5, 0.6) is 0 Å². The maximum atomic E-state index is 12.3. The number of rotatable bonds is 5. The van der Waals surface area contributed by atoms with Gasteiger partial charge in [0.05, 0.1) is 17.7 Å². The highest BCUT2D eigenvalue weighted by atomic mass is 16.5. The summed E-state index contributed by atoms with van der Waals surface area (Å²) in [6.07, 6.45) is 4.20. The average molecular weight is 327 g/mol. The van der Waals surface area contributed by atoms with Crippen LogP contribution in [0, 0.1) is 17.2 Å². The SMILES string of the molecule is N#Cc1ccc(CN2CCC(C(=O)NC[C@@H]3CCCO3)CC2)cc1. The molecular weight excluding hydrogens is 302 g/mol. The van der Waals surface area contributed by atoms with Crippen molar-refractivity contribution in [3.63, 3.8) is 0 Å². The van der Waals surface area contributed by atoms with Crippen LogP contribution in [0.15, 0.2) is 24.3 Å².